The number of aryl methyl sites for hydroxylation is 2. The lowest BCUT2D eigenvalue weighted by atomic mass is 10.1. The smallest absolute Gasteiger partial charge is 0.264 e. The van der Waals surface area contributed by atoms with Crippen molar-refractivity contribution in [3.8, 4) is 5.75 Å². The lowest BCUT2D eigenvalue weighted by Crippen LogP contribution is -2.53. The summed E-state index contributed by atoms with van der Waals surface area (Å²) >= 11 is 6.41. The molecule has 230 valence electrons. The zero-order chi connectivity index (χ0) is 31.1. The molecule has 4 rings (SSSR count). The number of hydrogen-bond donors (Lipinski definition) is 1. The van der Waals surface area contributed by atoms with Crippen molar-refractivity contribution in [3.05, 3.63) is 88.4 Å². The molecule has 0 saturated heterocycles. The van der Waals surface area contributed by atoms with Crippen LogP contribution in [-0.2, 0) is 26.2 Å². The zero-order valence-corrected chi connectivity index (χ0v) is 26.7. The van der Waals surface area contributed by atoms with Crippen LogP contribution in [0.5, 0.6) is 5.75 Å². The van der Waals surface area contributed by atoms with E-state index in [1.807, 2.05) is 45.0 Å². The zero-order valence-electron chi connectivity index (χ0n) is 25.2. The van der Waals surface area contributed by atoms with Crippen LogP contribution in [0.25, 0.3) is 0 Å². The molecular weight excluding hydrogens is 586 g/mol. The number of rotatable bonds is 12. The van der Waals surface area contributed by atoms with Crippen molar-refractivity contribution in [1.82, 2.24) is 10.2 Å². The molecule has 0 radical (unpaired) electrons. The largest absolute Gasteiger partial charge is 0.495 e. The number of methoxy groups -OCH3 is 1. The lowest BCUT2D eigenvalue weighted by Gasteiger charge is -2.34. The summed E-state index contributed by atoms with van der Waals surface area (Å²) in [5.41, 5.74) is 2.97. The number of sulfonamides is 1. The molecule has 3 aromatic rings. The number of hydrogen-bond acceptors (Lipinski definition) is 5. The predicted octanol–water partition coefficient (Wildman–Crippen LogP) is 6.03. The maximum atomic E-state index is 14.3. The fourth-order valence-corrected chi connectivity index (χ4v) is 7.13. The normalized spacial score (nSPS) is 14.3. The molecule has 10 heteroatoms. The standard InChI is InChI=1S/C33H40ClN3O5S/c1-5-30(33(39)35-26-11-6-7-12-26)36(21-25-10-8-9-24(3)19-25)32(38)22-37(27-15-18-31(42-4)29(34)20-27)43(40,41)28-16-13-23(2)14-17-28/h8-10,13-20,26,30H,5-7,11-12,21-22H2,1-4H3,(H,35,39)/t30-/m0/s1. The Morgan fingerprint density at radius 2 is 1.70 bits per heavy atom. The maximum Gasteiger partial charge on any atom is 0.264 e. The third-order valence-electron chi connectivity index (χ3n) is 7.83. The summed E-state index contributed by atoms with van der Waals surface area (Å²) in [6, 6.07) is 18.1. The van der Waals surface area contributed by atoms with E-state index in [4.69, 9.17) is 16.3 Å². The van der Waals surface area contributed by atoms with Crippen LogP contribution in [0.2, 0.25) is 5.02 Å². The van der Waals surface area contributed by atoms with Crippen molar-refractivity contribution in [3.63, 3.8) is 0 Å². The summed E-state index contributed by atoms with van der Waals surface area (Å²) in [6.07, 6.45) is 4.31. The topological polar surface area (TPSA) is 96.0 Å². The summed E-state index contributed by atoms with van der Waals surface area (Å²) in [5, 5.41) is 3.34. The molecule has 0 unspecified atom stereocenters. The predicted molar refractivity (Wildman–Crippen MR) is 170 cm³/mol. The molecule has 2 amide bonds. The van der Waals surface area contributed by atoms with Gasteiger partial charge in [0.1, 0.15) is 18.3 Å². The Labute approximate surface area is 260 Å². The van der Waals surface area contributed by atoms with Gasteiger partial charge in [-0.05, 0) is 69.0 Å². The van der Waals surface area contributed by atoms with Gasteiger partial charge in [-0.15, -0.1) is 0 Å². The second-order valence-corrected chi connectivity index (χ2v) is 13.3. The molecule has 1 aliphatic carbocycles. The number of halogens is 1. The van der Waals surface area contributed by atoms with Gasteiger partial charge < -0.3 is 15.0 Å². The second-order valence-electron chi connectivity index (χ2n) is 11.1. The maximum absolute atomic E-state index is 14.3. The summed E-state index contributed by atoms with van der Waals surface area (Å²) in [4.78, 5) is 29.4. The minimum absolute atomic E-state index is 0.0362. The van der Waals surface area contributed by atoms with Crippen LogP contribution in [0.3, 0.4) is 0 Å². The SMILES string of the molecule is CC[C@@H](C(=O)NC1CCCC1)N(Cc1cccc(C)c1)C(=O)CN(c1ccc(OC)c(Cl)c1)S(=O)(=O)c1ccc(C)cc1. The minimum atomic E-state index is -4.20. The molecule has 3 aromatic carbocycles. The van der Waals surface area contributed by atoms with E-state index in [9.17, 15) is 18.0 Å². The number of nitrogens with one attached hydrogen (secondary N) is 1. The first-order valence-corrected chi connectivity index (χ1v) is 16.4. The summed E-state index contributed by atoms with van der Waals surface area (Å²) in [5.74, 6) is -0.353. The van der Waals surface area contributed by atoms with Crippen LogP contribution in [0.15, 0.2) is 71.6 Å². The Hall–Kier alpha value is -3.56. The average Bonchev–Trinajstić information content (AvgIpc) is 3.49. The molecule has 1 fully saturated rings. The molecule has 1 N–H and O–H groups in total. The monoisotopic (exact) mass is 625 g/mol. The highest BCUT2D eigenvalue weighted by Gasteiger charge is 2.34. The third-order valence-corrected chi connectivity index (χ3v) is 9.92. The first kappa shape index (κ1) is 32.4. The molecular formula is C33H40ClN3O5S. The highest BCUT2D eigenvalue weighted by Crippen LogP contribution is 2.32. The third kappa shape index (κ3) is 7.89. The molecule has 1 saturated carbocycles. The van der Waals surface area contributed by atoms with E-state index < -0.39 is 28.5 Å². The van der Waals surface area contributed by atoms with Crippen LogP contribution < -0.4 is 14.4 Å². The fourth-order valence-electron chi connectivity index (χ4n) is 5.47. The van der Waals surface area contributed by atoms with E-state index in [1.54, 1.807) is 24.3 Å². The Kier molecular flexibility index (Phi) is 10.7. The Bertz CT molecular complexity index is 1540. The van der Waals surface area contributed by atoms with E-state index >= 15 is 0 Å². The summed E-state index contributed by atoms with van der Waals surface area (Å²) in [6.45, 7) is 5.31. The van der Waals surface area contributed by atoms with Crippen LogP contribution in [0, 0.1) is 13.8 Å². The molecule has 0 aliphatic heterocycles. The molecule has 43 heavy (non-hydrogen) atoms. The highest BCUT2D eigenvalue weighted by molar-refractivity contribution is 7.92. The first-order valence-electron chi connectivity index (χ1n) is 14.6. The minimum Gasteiger partial charge on any atom is -0.495 e. The molecule has 0 bridgehead atoms. The van der Waals surface area contributed by atoms with Gasteiger partial charge in [0.05, 0.1) is 22.7 Å². The Balaban J connectivity index is 1.74. The number of ether oxygens (including phenoxy) is 1. The molecule has 0 heterocycles. The van der Waals surface area contributed by atoms with E-state index in [-0.39, 0.29) is 34.1 Å². The van der Waals surface area contributed by atoms with Gasteiger partial charge in [0.2, 0.25) is 11.8 Å². The van der Waals surface area contributed by atoms with Gasteiger partial charge in [-0.3, -0.25) is 13.9 Å². The molecule has 0 aromatic heterocycles. The fraction of sp³-hybridized carbons (Fsp3) is 0.394. The first-order chi connectivity index (χ1) is 20.5. The van der Waals surface area contributed by atoms with E-state index in [1.165, 1.54) is 30.2 Å². The van der Waals surface area contributed by atoms with Crippen LogP contribution in [0.4, 0.5) is 5.69 Å². The van der Waals surface area contributed by atoms with Gasteiger partial charge in [-0.25, -0.2) is 8.42 Å². The Morgan fingerprint density at radius 1 is 1.00 bits per heavy atom. The van der Waals surface area contributed by atoms with Crippen LogP contribution in [0.1, 0.15) is 55.7 Å². The van der Waals surface area contributed by atoms with Gasteiger partial charge in [-0.1, -0.05) is 78.9 Å². The van der Waals surface area contributed by atoms with Crippen LogP contribution >= 0.6 is 11.6 Å². The van der Waals surface area contributed by atoms with E-state index in [0.717, 1.165) is 46.7 Å². The van der Waals surface area contributed by atoms with Crippen LogP contribution in [-0.4, -0.2) is 50.9 Å². The lowest BCUT2D eigenvalue weighted by molar-refractivity contribution is -0.140. The van der Waals surface area contributed by atoms with Crippen molar-refractivity contribution in [2.75, 3.05) is 18.0 Å². The number of nitrogens with zero attached hydrogens (tertiary/aromatic N) is 2. The molecule has 0 spiro atoms. The van der Waals surface area contributed by atoms with Gasteiger partial charge >= 0.3 is 0 Å². The number of anilines is 1. The summed E-state index contributed by atoms with van der Waals surface area (Å²) in [7, 11) is -2.73. The molecule has 8 nitrogen and oxygen atoms in total. The van der Waals surface area contributed by atoms with Gasteiger partial charge in [0.25, 0.3) is 10.0 Å². The van der Waals surface area contributed by atoms with E-state index in [2.05, 4.69) is 5.32 Å². The van der Waals surface area contributed by atoms with Gasteiger partial charge in [-0.2, -0.15) is 0 Å². The number of carbonyl (C=O) groups excluding carboxylic acids is 2. The van der Waals surface area contributed by atoms with Gasteiger partial charge in [0, 0.05) is 12.6 Å². The number of carbonyl (C=O) groups is 2. The van der Waals surface area contributed by atoms with Crippen molar-refractivity contribution in [2.24, 2.45) is 0 Å². The van der Waals surface area contributed by atoms with Crippen molar-refractivity contribution in [2.45, 2.75) is 76.4 Å². The molecule has 1 aliphatic rings. The van der Waals surface area contributed by atoms with E-state index in [0.29, 0.717) is 12.2 Å². The highest BCUT2D eigenvalue weighted by atomic mass is 35.5. The van der Waals surface area contributed by atoms with Crippen molar-refractivity contribution in [1.29, 1.82) is 0 Å². The number of benzene rings is 3. The number of amides is 2. The Morgan fingerprint density at radius 3 is 2.30 bits per heavy atom. The average molecular weight is 626 g/mol. The quantitative estimate of drug-likeness (QED) is 0.265. The summed E-state index contributed by atoms with van der Waals surface area (Å²) < 4.78 is 34.5. The van der Waals surface area contributed by atoms with Crippen molar-refractivity contribution < 1.29 is 22.7 Å². The second kappa shape index (κ2) is 14.3. The van der Waals surface area contributed by atoms with Crippen molar-refractivity contribution >= 4 is 39.1 Å². The van der Waals surface area contributed by atoms with Gasteiger partial charge in [0.15, 0.2) is 0 Å². The molecule has 1 atom stereocenters.